The van der Waals surface area contributed by atoms with Crippen LogP contribution in [0.3, 0.4) is 0 Å². The Morgan fingerprint density at radius 3 is 1.94 bits per heavy atom. The van der Waals surface area contributed by atoms with Crippen molar-refractivity contribution in [3.8, 4) is 0 Å². The molecule has 0 saturated heterocycles. The second kappa shape index (κ2) is 4.20. The van der Waals surface area contributed by atoms with Crippen LogP contribution in [0, 0.1) is 0 Å². The van der Waals surface area contributed by atoms with Crippen LogP contribution in [0.2, 0.25) is 0 Å². The fourth-order valence-electron chi connectivity index (χ4n) is 1.90. The smallest absolute Gasteiger partial charge is 0.268 e. The summed E-state index contributed by atoms with van der Waals surface area (Å²) in [5.74, 6) is -0.957. The van der Waals surface area contributed by atoms with E-state index in [-0.39, 0.29) is 11.9 Å². The van der Waals surface area contributed by atoms with E-state index in [4.69, 9.17) is 23.2 Å². The van der Waals surface area contributed by atoms with Crippen molar-refractivity contribution in [3.63, 3.8) is 0 Å². The van der Waals surface area contributed by atoms with E-state index < -0.39 is 15.7 Å². The highest BCUT2D eigenvalue weighted by Crippen LogP contribution is 2.44. The fourth-order valence-corrected chi connectivity index (χ4v) is 2.91. The van der Waals surface area contributed by atoms with Crippen molar-refractivity contribution in [1.29, 1.82) is 0 Å². The second-order valence-corrected chi connectivity index (χ2v) is 6.40. The summed E-state index contributed by atoms with van der Waals surface area (Å²) in [6.07, 6.45) is 2.89. The number of amides is 2. The molecule has 0 saturated carbocycles. The first-order chi connectivity index (χ1) is 7.40. The van der Waals surface area contributed by atoms with Gasteiger partial charge >= 0.3 is 3.92 Å². The van der Waals surface area contributed by atoms with Gasteiger partial charge in [-0.3, -0.25) is 9.59 Å². The molecule has 3 nitrogen and oxygen atoms in total. The quantitative estimate of drug-likeness (QED) is 0.444. The third-order valence-corrected chi connectivity index (χ3v) is 3.68. The second-order valence-electron chi connectivity index (χ2n) is 3.61. The summed E-state index contributed by atoms with van der Waals surface area (Å²) < 4.78 is 11.0. The predicted molar refractivity (Wildman–Crippen MR) is 60.5 cm³/mol. The lowest BCUT2D eigenvalue weighted by Crippen LogP contribution is -2.27. The topological polar surface area (TPSA) is 37.4 Å². The lowest BCUT2D eigenvalue weighted by atomic mass is 9.93. The van der Waals surface area contributed by atoms with E-state index in [1.165, 1.54) is 0 Å². The van der Waals surface area contributed by atoms with Crippen molar-refractivity contribution in [1.82, 2.24) is 4.31 Å². The summed E-state index contributed by atoms with van der Waals surface area (Å²) in [6.45, 7) is 0. The molecule has 0 aromatic heterocycles. The number of imide groups is 1. The summed E-state index contributed by atoms with van der Waals surface area (Å²) in [5.41, 5.74) is 0.975. The minimum absolute atomic E-state index is 0.203. The largest absolute Gasteiger partial charge is 0.324 e. The van der Waals surface area contributed by atoms with Crippen LogP contribution in [0.15, 0.2) is 11.1 Å². The Morgan fingerprint density at radius 1 is 1.12 bits per heavy atom. The Hall–Kier alpha value is -0.260. The molecule has 0 atom stereocenters. The van der Waals surface area contributed by atoms with Gasteiger partial charge in [0.1, 0.15) is 0 Å². The Balaban J connectivity index is 2.22. The molecular weight excluding hydrogens is 276 g/mol. The van der Waals surface area contributed by atoms with Crippen LogP contribution < -0.4 is 0 Å². The Labute approximate surface area is 106 Å². The summed E-state index contributed by atoms with van der Waals surface area (Å²) >= 11 is 10.5. The molecule has 16 heavy (non-hydrogen) atoms. The van der Waals surface area contributed by atoms with Gasteiger partial charge in [-0.2, -0.15) is 4.39 Å². The molecule has 2 aliphatic rings. The van der Waals surface area contributed by atoms with E-state index in [0.29, 0.717) is 24.0 Å². The maximum atomic E-state index is 13.0. The van der Waals surface area contributed by atoms with Gasteiger partial charge in [-0.1, -0.05) is 23.2 Å². The number of halogens is 3. The first-order valence-electron chi connectivity index (χ1n) is 4.77. The predicted octanol–water partition coefficient (Wildman–Crippen LogP) is 2.93. The van der Waals surface area contributed by atoms with Crippen LogP contribution in [0.1, 0.15) is 25.7 Å². The van der Waals surface area contributed by atoms with Gasteiger partial charge in [0.25, 0.3) is 11.8 Å². The molecule has 0 bridgehead atoms. The van der Waals surface area contributed by atoms with Crippen molar-refractivity contribution in [2.45, 2.75) is 29.6 Å². The molecule has 1 aliphatic carbocycles. The first kappa shape index (κ1) is 12.2. The SMILES string of the molecule is O=C1C2=C(CCCC2)C(=O)N1SC(F)(Cl)Cl. The van der Waals surface area contributed by atoms with Crippen molar-refractivity contribution < 1.29 is 14.0 Å². The number of carbonyl (C=O) groups is 2. The van der Waals surface area contributed by atoms with Crippen molar-refractivity contribution in [3.05, 3.63) is 11.1 Å². The van der Waals surface area contributed by atoms with Crippen LogP contribution in [-0.2, 0) is 9.59 Å². The molecule has 0 N–H and O–H groups in total. The highest BCUT2D eigenvalue weighted by Gasteiger charge is 2.43. The zero-order chi connectivity index (χ0) is 11.9. The zero-order valence-electron chi connectivity index (χ0n) is 8.13. The number of hydrogen-bond acceptors (Lipinski definition) is 3. The van der Waals surface area contributed by atoms with Crippen LogP contribution in [0.25, 0.3) is 0 Å². The normalized spacial score (nSPS) is 21.8. The highest BCUT2D eigenvalue weighted by atomic mass is 35.5. The van der Waals surface area contributed by atoms with Gasteiger partial charge in [0.15, 0.2) is 0 Å². The lowest BCUT2D eigenvalue weighted by molar-refractivity contribution is -0.131. The van der Waals surface area contributed by atoms with Gasteiger partial charge in [0.05, 0.1) is 0 Å². The van der Waals surface area contributed by atoms with Crippen LogP contribution in [-0.4, -0.2) is 20.0 Å². The van der Waals surface area contributed by atoms with Crippen LogP contribution in [0.5, 0.6) is 0 Å². The Bertz CT molecular complexity index is 363. The number of alkyl halides is 3. The van der Waals surface area contributed by atoms with Gasteiger partial charge in [-0.15, -0.1) is 0 Å². The molecule has 0 spiro atoms. The number of carbonyl (C=O) groups excluding carboxylic acids is 2. The molecule has 0 aromatic carbocycles. The van der Waals surface area contributed by atoms with Crippen molar-refractivity contribution >= 4 is 47.0 Å². The lowest BCUT2D eigenvalue weighted by Gasteiger charge is -2.16. The van der Waals surface area contributed by atoms with E-state index in [1.54, 1.807) is 0 Å². The molecule has 1 aliphatic heterocycles. The van der Waals surface area contributed by atoms with E-state index in [9.17, 15) is 14.0 Å². The minimum atomic E-state index is -2.67. The molecule has 0 aromatic rings. The molecular formula is C9H8Cl2FNO2S. The van der Waals surface area contributed by atoms with Crippen molar-refractivity contribution in [2.24, 2.45) is 0 Å². The molecule has 1 heterocycles. The summed E-state index contributed by atoms with van der Waals surface area (Å²) in [6, 6.07) is 0. The van der Waals surface area contributed by atoms with E-state index in [1.807, 2.05) is 0 Å². The fraction of sp³-hybridized carbons (Fsp3) is 0.556. The molecule has 0 radical (unpaired) electrons. The molecule has 7 heteroatoms. The Morgan fingerprint density at radius 2 is 1.56 bits per heavy atom. The molecule has 0 unspecified atom stereocenters. The van der Waals surface area contributed by atoms with Gasteiger partial charge in [-0.05, 0) is 25.7 Å². The third-order valence-electron chi connectivity index (χ3n) is 2.55. The average molecular weight is 284 g/mol. The highest BCUT2D eigenvalue weighted by molar-refractivity contribution is 8.01. The minimum Gasteiger partial charge on any atom is -0.268 e. The number of hydrogen-bond donors (Lipinski definition) is 0. The maximum Gasteiger partial charge on any atom is 0.324 e. The van der Waals surface area contributed by atoms with Crippen molar-refractivity contribution in [2.75, 3.05) is 0 Å². The summed E-state index contributed by atoms with van der Waals surface area (Å²) in [7, 11) is 0. The van der Waals surface area contributed by atoms with Crippen LogP contribution in [0.4, 0.5) is 4.39 Å². The van der Waals surface area contributed by atoms with E-state index in [0.717, 1.165) is 17.1 Å². The van der Waals surface area contributed by atoms with Gasteiger partial charge < -0.3 is 0 Å². The first-order valence-corrected chi connectivity index (χ1v) is 6.30. The molecule has 0 fully saturated rings. The molecule has 2 rings (SSSR count). The summed E-state index contributed by atoms with van der Waals surface area (Å²) in [4.78, 5) is 23.5. The zero-order valence-corrected chi connectivity index (χ0v) is 10.5. The average Bonchev–Trinajstić information content (AvgIpc) is 2.43. The van der Waals surface area contributed by atoms with Crippen LogP contribution >= 0.6 is 35.1 Å². The van der Waals surface area contributed by atoms with Gasteiger partial charge in [0.2, 0.25) is 0 Å². The Kier molecular flexibility index (Phi) is 3.20. The third kappa shape index (κ3) is 2.21. The maximum absolute atomic E-state index is 13.0. The standard InChI is InChI=1S/C9H8Cl2FNO2S/c10-9(11,12)16-13-7(14)5-3-1-2-4-6(5)8(13)15/h1-4H2. The summed E-state index contributed by atoms with van der Waals surface area (Å²) in [5, 5.41) is 0. The molecule has 2 amide bonds. The number of nitrogens with zero attached hydrogens (tertiary/aromatic N) is 1. The van der Waals surface area contributed by atoms with Gasteiger partial charge in [0, 0.05) is 23.1 Å². The monoisotopic (exact) mass is 283 g/mol. The number of rotatable bonds is 2. The van der Waals surface area contributed by atoms with E-state index in [2.05, 4.69) is 0 Å². The molecule has 88 valence electrons. The van der Waals surface area contributed by atoms with Gasteiger partial charge in [-0.25, -0.2) is 4.31 Å². The van der Waals surface area contributed by atoms with E-state index >= 15 is 0 Å².